The van der Waals surface area contributed by atoms with Gasteiger partial charge in [0.05, 0.1) is 6.54 Å². The van der Waals surface area contributed by atoms with Crippen molar-refractivity contribution in [2.24, 2.45) is 10.7 Å². The molecule has 0 bridgehead atoms. The summed E-state index contributed by atoms with van der Waals surface area (Å²) in [7, 11) is 0. The number of nitrogens with two attached hydrogens (primary N) is 1. The summed E-state index contributed by atoms with van der Waals surface area (Å²) in [5.74, 6) is 2.40. The number of alkyl halides is 3. The number of pyridine rings is 1. The van der Waals surface area contributed by atoms with Gasteiger partial charge < -0.3 is 15.4 Å². The SMILES string of the molecule is I.NC(=NCCOc1cccc(C(F)(F)F)n1)N1CCSCC1. The minimum Gasteiger partial charge on any atom is -0.476 e. The fourth-order valence-electron chi connectivity index (χ4n) is 1.86. The van der Waals surface area contributed by atoms with Gasteiger partial charge in [-0.25, -0.2) is 9.98 Å². The fraction of sp³-hybridized carbons (Fsp3) is 0.538. The van der Waals surface area contributed by atoms with Crippen LogP contribution in [0.4, 0.5) is 13.2 Å². The first-order valence-corrected chi connectivity index (χ1v) is 7.92. The first-order valence-electron chi connectivity index (χ1n) is 6.76. The maximum absolute atomic E-state index is 12.5. The van der Waals surface area contributed by atoms with Crippen LogP contribution in [-0.2, 0) is 6.18 Å². The van der Waals surface area contributed by atoms with Crippen molar-refractivity contribution < 1.29 is 17.9 Å². The maximum atomic E-state index is 12.5. The largest absolute Gasteiger partial charge is 0.476 e. The highest BCUT2D eigenvalue weighted by Crippen LogP contribution is 2.28. The molecule has 23 heavy (non-hydrogen) atoms. The van der Waals surface area contributed by atoms with E-state index in [2.05, 4.69) is 9.98 Å². The molecule has 1 aliphatic rings. The summed E-state index contributed by atoms with van der Waals surface area (Å²) in [4.78, 5) is 9.57. The fourth-order valence-corrected chi connectivity index (χ4v) is 2.76. The van der Waals surface area contributed by atoms with Crippen molar-refractivity contribution in [3.63, 3.8) is 0 Å². The van der Waals surface area contributed by atoms with Gasteiger partial charge in [-0.2, -0.15) is 24.9 Å². The van der Waals surface area contributed by atoms with Crippen molar-refractivity contribution in [1.82, 2.24) is 9.88 Å². The molecular weight excluding hydrogens is 444 g/mol. The lowest BCUT2D eigenvalue weighted by atomic mass is 10.3. The van der Waals surface area contributed by atoms with E-state index >= 15 is 0 Å². The third kappa shape index (κ3) is 6.61. The van der Waals surface area contributed by atoms with Crippen LogP contribution in [0, 0.1) is 0 Å². The molecule has 0 saturated carbocycles. The molecular formula is C13H18F3IN4OS. The van der Waals surface area contributed by atoms with E-state index in [0.29, 0.717) is 5.96 Å². The van der Waals surface area contributed by atoms with Crippen LogP contribution >= 0.6 is 35.7 Å². The number of nitrogens with zero attached hydrogens (tertiary/aromatic N) is 3. The van der Waals surface area contributed by atoms with Crippen molar-refractivity contribution in [2.45, 2.75) is 6.18 Å². The third-order valence-corrected chi connectivity index (χ3v) is 3.91. The third-order valence-electron chi connectivity index (χ3n) is 2.96. The van der Waals surface area contributed by atoms with Crippen molar-refractivity contribution >= 4 is 41.7 Å². The van der Waals surface area contributed by atoms with Crippen molar-refractivity contribution in [3.8, 4) is 5.88 Å². The number of guanidine groups is 1. The topological polar surface area (TPSA) is 63.7 Å². The van der Waals surface area contributed by atoms with Crippen molar-refractivity contribution in [1.29, 1.82) is 0 Å². The summed E-state index contributed by atoms with van der Waals surface area (Å²) in [6.45, 7) is 2.11. The van der Waals surface area contributed by atoms with Crippen LogP contribution in [0.3, 0.4) is 0 Å². The minimum absolute atomic E-state index is 0. The molecule has 0 aliphatic carbocycles. The number of aromatic nitrogens is 1. The number of aliphatic imine (C=N–C) groups is 1. The first-order chi connectivity index (χ1) is 10.5. The molecule has 0 atom stereocenters. The summed E-state index contributed by atoms with van der Waals surface area (Å²) < 4.78 is 42.7. The summed E-state index contributed by atoms with van der Waals surface area (Å²) in [6, 6.07) is 3.54. The zero-order valence-electron chi connectivity index (χ0n) is 12.3. The van der Waals surface area contributed by atoms with Crippen LogP contribution in [0.5, 0.6) is 5.88 Å². The van der Waals surface area contributed by atoms with Crippen LogP contribution in [-0.4, -0.2) is 53.6 Å². The van der Waals surface area contributed by atoms with Crippen LogP contribution < -0.4 is 10.5 Å². The molecule has 0 aromatic carbocycles. The number of halogens is 4. The van der Waals surface area contributed by atoms with E-state index < -0.39 is 11.9 Å². The molecule has 2 heterocycles. The van der Waals surface area contributed by atoms with E-state index in [-0.39, 0.29) is 43.0 Å². The zero-order valence-corrected chi connectivity index (χ0v) is 15.4. The first kappa shape index (κ1) is 20.1. The van der Waals surface area contributed by atoms with E-state index in [1.807, 2.05) is 16.7 Å². The molecule has 1 aromatic rings. The lowest BCUT2D eigenvalue weighted by molar-refractivity contribution is -0.141. The quantitative estimate of drug-likeness (QED) is 0.323. The van der Waals surface area contributed by atoms with E-state index in [9.17, 15) is 13.2 Å². The molecule has 1 saturated heterocycles. The number of rotatable bonds is 4. The van der Waals surface area contributed by atoms with Gasteiger partial charge in [0.2, 0.25) is 5.88 Å². The monoisotopic (exact) mass is 462 g/mol. The van der Waals surface area contributed by atoms with Crippen LogP contribution in [0.2, 0.25) is 0 Å². The summed E-state index contributed by atoms with van der Waals surface area (Å²) in [5.41, 5.74) is 4.88. The Morgan fingerprint density at radius 2 is 2.04 bits per heavy atom. The minimum atomic E-state index is -4.48. The predicted octanol–water partition coefficient (Wildman–Crippen LogP) is 2.46. The van der Waals surface area contributed by atoms with E-state index in [1.54, 1.807) is 0 Å². The second-order valence-electron chi connectivity index (χ2n) is 4.55. The lowest BCUT2D eigenvalue weighted by Crippen LogP contribution is -2.42. The second-order valence-corrected chi connectivity index (χ2v) is 5.77. The van der Waals surface area contributed by atoms with Crippen molar-refractivity contribution in [3.05, 3.63) is 23.9 Å². The van der Waals surface area contributed by atoms with Crippen LogP contribution in [0.15, 0.2) is 23.2 Å². The second kappa shape index (κ2) is 9.40. The number of thioether (sulfide) groups is 1. The zero-order chi connectivity index (χ0) is 16.0. The Bertz CT molecular complexity index is 524. The van der Waals surface area contributed by atoms with Gasteiger partial charge in [-0.15, -0.1) is 24.0 Å². The molecule has 1 aliphatic heterocycles. The summed E-state index contributed by atoms with van der Waals surface area (Å²) >= 11 is 1.87. The Labute approximate surface area is 153 Å². The number of hydrogen-bond donors (Lipinski definition) is 1. The molecule has 2 N–H and O–H groups in total. The van der Waals surface area contributed by atoms with E-state index in [0.717, 1.165) is 30.7 Å². The lowest BCUT2D eigenvalue weighted by Gasteiger charge is -2.27. The Kier molecular flexibility index (Phi) is 8.23. The van der Waals surface area contributed by atoms with Gasteiger partial charge in [0, 0.05) is 30.7 Å². The molecule has 1 fully saturated rings. The van der Waals surface area contributed by atoms with Crippen LogP contribution in [0.25, 0.3) is 0 Å². The van der Waals surface area contributed by atoms with Gasteiger partial charge in [0.15, 0.2) is 5.96 Å². The Hall–Kier alpha value is -0.910. The molecule has 0 spiro atoms. The van der Waals surface area contributed by atoms with Gasteiger partial charge >= 0.3 is 6.18 Å². The molecule has 0 amide bonds. The van der Waals surface area contributed by atoms with Gasteiger partial charge in [0.1, 0.15) is 12.3 Å². The molecule has 10 heteroatoms. The average Bonchev–Trinajstić information content (AvgIpc) is 2.52. The molecule has 1 aromatic heterocycles. The highest BCUT2D eigenvalue weighted by molar-refractivity contribution is 14.0. The summed E-state index contributed by atoms with van der Waals surface area (Å²) in [6.07, 6.45) is -4.48. The van der Waals surface area contributed by atoms with Crippen molar-refractivity contribution in [2.75, 3.05) is 37.7 Å². The van der Waals surface area contributed by atoms with E-state index in [1.165, 1.54) is 12.1 Å². The maximum Gasteiger partial charge on any atom is 0.433 e. The predicted molar refractivity (Wildman–Crippen MR) is 95.5 cm³/mol. The molecule has 0 radical (unpaired) electrons. The Morgan fingerprint density at radius 1 is 1.35 bits per heavy atom. The standard InChI is InChI=1S/C13H17F3N4OS.HI/c14-13(15,16)10-2-1-3-11(19-10)21-7-4-18-12(17)20-5-8-22-9-6-20;/h1-3H,4-9H2,(H2,17,18);1H. The molecule has 5 nitrogen and oxygen atoms in total. The molecule has 2 rings (SSSR count). The Morgan fingerprint density at radius 3 is 2.70 bits per heavy atom. The van der Waals surface area contributed by atoms with Gasteiger partial charge in [0.25, 0.3) is 0 Å². The van der Waals surface area contributed by atoms with Gasteiger partial charge in [-0.05, 0) is 6.07 Å². The smallest absolute Gasteiger partial charge is 0.433 e. The number of hydrogen-bond acceptors (Lipinski definition) is 4. The number of ether oxygens (including phenoxy) is 1. The van der Waals surface area contributed by atoms with Crippen LogP contribution in [0.1, 0.15) is 5.69 Å². The van der Waals surface area contributed by atoms with E-state index in [4.69, 9.17) is 10.5 Å². The Balaban J connectivity index is 0.00000264. The normalized spacial score (nSPS) is 16.0. The van der Waals surface area contributed by atoms with Gasteiger partial charge in [-0.1, -0.05) is 6.07 Å². The highest BCUT2D eigenvalue weighted by atomic mass is 127. The molecule has 130 valence electrons. The van der Waals surface area contributed by atoms with Gasteiger partial charge in [-0.3, -0.25) is 0 Å². The summed E-state index contributed by atoms with van der Waals surface area (Å²) in [5, 5.41) is 0. The average molecular weight is 462 g/mol. The highest BCUT2D eigenvalue weighted by Gasteiger charge is 2.32. The molecule has 0 unspecified atom stereocenters.